The standard InChI is InChI=1S/C55H80O9Si/c1-37(2)40-20-22-42(47(40)61-36-59-32-39-18-14-11-15-19-39)41-21-23-43-44(41)30-53(33-60-34-58-31-38-16-12-10-13-17-38)46-25-27-55(53,48(43)56)50(62-35-57-28-29-65(7,8)9)54(46)26-24-45-49(54)63-52(5,6)64-51(45,3)4/h10-19,30,40-43,45-50,56H,1,20-29,31-36H2,2-9H3/t40-,41-,42+,43-,45-,46+,47+,48+,49-,50+,53+,54-,55-/m0/s1. The molecule has 6 fully saturated rings. The molecule has 1 heterocycles. The van der Waals surface area contributed by atoms with Gasteiger partial charge in [0.15, 0.2) is 5.79 Å². The first-order chi connectivity index (χ1) is 31.0. The molecule has 1 saturated heterocycles. The van der Waals surface area contributed by atoms with Gasteiger partial charge < -0.3 is 43.0 Å². The molecular formula is C55H80O9Si. The molecule has 65 heavy (non-hydrogen) atoms. The number of hydrogen-bond acceptors (Lipinski definition) is 9. The normalized spacial score (nSPS) is 38.8. The second kappa shape index (κ2) is 18.6. The van der Waals surface area contributed by atoms with Gasteiger partial charge in [0.05, 0.1) is 49.8 Å². The van der Waals surface area contributed by atoms with Gasteiger partial charge in [-0.25, -0.2) is 0 Å². The van der Waals surface area contributed by atoms with Crippen molar-refractivity contribution in [2.75, 3.05) is 33.6 Å². The quantitative estimate of drug-likeness (QED) is 0.0640. The molecule has 6 aliphatic carbocycles. The summed E-state index contributed by atoms with van der Waals surface area (Å²) >= 11 is 0. The molecule has 9 rings (SSSR count). The van der Waals surface area contributed by atoms with Crippen molar-refractivity contribution >= 4 is 8.07 Å². The van der Waals surface area contributed by atoms with Crippen LogP contribution in [-0.4, -0.2) is 82.6 Å². The van der Waals surface area contributed by atoms with Crippen LogP contribution < -0.4 is 0 Å². The van der Waals surface area contributed by atoms with Crippen molar-refractivity contribution in [3.05, 3.63) is 95.6 Å². The zero-order chi connectivity index (χ0) is 45.8. The van der Waals surface area contributed by atoms with E-state index < -0.39 is 36.4 Å². The van der Waals surface area contributed by atoms with Crippen molar-refractivity contribution in [2.45, 2.75) is 161 Å². The van der Waals surface area contributed by atoms with Crippen molar-refractivity contribution in [1.82, 2.24) is 0 Å². The van der Waals surface area contributed by atoms with Gasteiger partial charge in [0.25, 0.3) is 0 Å². The third-order valence-corrected chi connectivity index (χ3v) is 19.4. The van der Waals surface area contributed by atoms with Crippen molar-refractivity contribution in [3.63, 3.8) is 0 Å². The highest BCUT2D eigenvalue weighted by atomic mass is 28.3. The number of rotatable bonds is 19. The Hall–Kier alpha value is -2.22. The average molecular weight is 913 g/mol. The van der Waals surface area contributed by atoms with Crippen molar-refractivity contribution < 1.29 is 43.0 Å². The number of aliphatic hydroxyl groups is 1. The van der Waals surface area contributed by atoms with Crippen molar-refractivity contribution in [3.8, 4) is 0 Å². The summed E-state index contributed by atoms with van der Waals surface area (Å²) in [5.74, 6) is 0.390. The van der Waals surface area contributed by atoms with E-state index in [1.807, 2.05) is 36.4 Å². The van der Waals surface area contributed by atoms with E-state index in [-0.39, 0.29) is 79.6 Å². The summed E-state index contributed by atoms with van der Waals surface area (Å²) in [5.41, 5.74) is 2.93. The van der Waals surface area contributed by atoms with Crippen LogP contribution in [0.1, 0.15) is 97.1 Å². The molecule has 0 unspecified atom stereocenters. The number of ether oxygens (including phenoxy) is 8. The Balaban J connectivity index is 1.08. The first-order valence-electron chi connectivity index (χ1n) is 25.1. The lowest BCUT2D eigenvalue weighted by atomic mass is 9.55. The highest BCUT2D eigenvalue weighted by Crippen LogP contribution is 2.82. The molecule has 1 aliphatic heterocycles. The Labute approximate surface area is 391 Å². The van der Waals surface area contributed by atoms with E-state index in [9.17, 15) is 5.11 Å². The maximum atomic E-state index is 13.6. The van der Waals surface area contributed by atoms with Crippen LogP contribution in [-0.2, 0) is 51.1 Å². The zero-order valence-corrected chi connectivity index (χ0v) is 41.9. The molecule has 10 heteroatoms. The SMILES string of the molecule is C=C(C)[C@@H]1CC[C@H]([C@@H]2CC[C@H]3C2=C[C@@]2(COCOCc4ccccc4)[C@H]4CC[C@]2([C@@H]3O)[C@H](OCOCC[Si](C)(C)C)[C@@]42CC[C@H]3[C@@H]2OC(C)(C)OC3(C)C)[C@@H]1OCOCc1ccccc1. The Morgan fingerprint density at radius 1 is 0.769 bits per heavy atom. The molecule has 1 N–H and O–H groups in total. The van der Waals surface area contributed by atoms with E-state index >= 15 is 0 Å². The lowest BCUT2D eigenvalue weighted by molar-refractivity contribution is -0.365. The number of fused-ring (bicyclic) bond motifs is 4. The second-order valence-electron chi connectivity index (χ2n) is 23.4. The summed E-state index contributed by atoms with van der Waals surface area (Å²) in [7, 11) is -1.32. The van der Waals surface area contributed by atoms with Crippen molar-refractivity contribution in [2.24, 2.45) is 51.8 Å². The van der Waals surface area contributed by atoms with E-state index in [0.717, 1.165) is 68.5 Å². The number of aliphatic hydroxyl groups excluding tert-OH is 1. The fourth-order valence-corrected chi connectivity index (χ4v) is 16.1. The first-order valence-corrected chi connectivity index (χ1v) is 28.8. The molecule has 9 nitrogen and oxygen atoms in total. The van der Waals surface area contributed by atoms with Gasteiger partial charge >= 0.3 is 0 Å². The minimum absolute atomic E-state index is 0.00809. The van der Waals surface area contributed by atoms with E-state index in [4.69, 9.17) is 37.9 Å². The van der Waals surface area contributed by atoms with Gasteiger partial charge in [0, 0.05) is 48.7 Å². The third-order valence-electron chi connectivity index (χ3n) is 17.7. The number of hydrogen-bond donors (Lipinski definition) is 1. The fraction of sp³-hybridized carbons (Fsp3) is 0.709. The fourth-order valence-electron chi connectivity index (χ4n) is 15.3. The van der Waals surface area contributed by atoms with E-state index in [1.54, 1.807) is 0 Å². The van der Waals surface area contributed by atoms with E-state index in [2.05, 4.69) is 91.2 Å². The predicted molar refractivity (Wildman–Crippen MR) is 255 cm³/mol. The molecule has 0 aromatic heterocycles. The molecule has 2 aromatic carbocycles. The summed E-state index contributed by atoms with van der Waals surface area (Å²) < 4.78 is 54.0. The smallest absolute Gasteiger partial charge is 0.163 e. The highest BCUT2D eigenvalue weighted by molar-refractivity contribution is 6.76. The van der Waals surface area contributed by atoms with Crippen LogP contribution in [0.15, 0.2) is 84.5 Å². The molecule has 1 spiro atoms. The zero-order valence-electron chi connectivity index (χ0n) is 40.9. The molecule has 2 aromatic rings. The predicted octanol–water partition coefficient (Wildman–Crippen LogP) is 11.1. The molecule has 2 bridgehead atoms. The third kappa shape index (κ3) is 8.65. The van der Waals surface area contributed by atoms with Crippen LogP contribution in [0.5, 0.6) is 0 Å². The van der Waals surface area contributed by atoms with Crippen LogP contribution in [0.3, 0.4) is 0 Å². The second-order valence-corrected chi connectivity index (χ2v) is 29.0. The summed E-state index contributed by atoms with van der Waals surface area (Å²) in [4.78, 5) is 0. The van der Waals surface area contributed by atoms with Crippen LogP contribution in [0, 0.1) is 51.8 Å². The average Bonchev–Trinajstić information content (AvgIpc) is 4.06. The number of benzene rings is 2. The summed E-state index contributed by atoms with van der Waals surface area (Å²) in [6, 6.07) is 21.7. The minimum atomic E-state index is -1.32. The van der Waals surface area contributed by atoms with Crippen LogP contribution in [0.2, 0.25) is 25.7 Å². The molecule has 0 radical (unpaired) electrons. The highest BCUT2D eigenvalue weighted by Gasteiger charge is 2.85. The summed E-state index contributed by atoms with van der Waals surface area (Å²) in [6.07, 6.45) is 9.47. The first kappa shape index (κ1) is 47.8. The maximum absolute atomic E-state index is 13.6. The van der Waals surface area contributed by atoms with Crippen LogP contribution >= 0.6 is 0 Å². The van der Waals surface area contributed by atoms with Gasteiger partial charge in [-0.15, -0.1) is 0 Å². The largest absolute Gasteiger partial charge is 0.392 e. The van der Waals surface area contributed by atoms with E-state index in [1.165, 1.54) is 11.1 Å². The van der Waals surface area contributed by atoms with Gasteiger partial charge in [-0.1, -0.05) is 104 Å². The molecular weight excluding hydrogens is 833 g/mol. The molecule has 358 valence electrons. The summed E-state index contributed by atoms with van der Waals surface area (Å²) in [5, 5.41) is 13.6. The van der Waals surface area contributed by atoms with Crippen molar-refractivity contribution in [1.29, 1.82) is 0 Å². The Morgan fingerprint density at radius 2 is 1.43 bits per heavy atom. The maximum Gasteiger partial charge on any atom is 0.163 e. The molecule has 7 aliphatic rings. The van der Waals surface area contributed by atoms with Gasteiger partial charge in [0.1, 0.15) is 20.4 Å². The van der Waals surface area contributed by atoms with Crippen LogP contribution in [0.4, 0.5) is 0 Å². The molecule has 0 amide bonds. The monoisotopic (exact) mass is 913 g/mol. The lowest BCUT2D eigenvalue weighted by Gasteiger charge is -2.56. The van der Waals surface area contributed by atoms with Gasteiger partial charge in [-0.05, 0) is 121 Å². The van der Waals surface area contributed by atoms with Gasteiger partial charge in [-0.3, -0.25) is 0 Å². The van der Waals surface area contributed by atoms with E-state index in [0.29, 0.717) is 26.4 Å². The van der Waals surface area contributed by atoms with Crippen LogP contribution in [0.25, 0.3) is 0 Å². The topological polar surface area (TPSA) is 94.1 Å². The Kier molecular flexibility index (Phi) is 13.7. The summed E-state index contributed by atoms with van der Waals surface area (Å²) in [6.45, 7) is 25.2. The Bertz CT molecular complexity index is 1980. The molecule has 13 atom stereocenters. The lowest BCUT2D eigenvalue weighted by Crippen LogP contribution is -2.63. The van der Waals surface area contributed by atoms with Gasteiger partial charge in [0.2, 0.25) is 0 Å². The minimum Gasteiger partial charge on any atom is -0.392 e. The molecule has 5 saturated carbocycles. The Morgan fingerprint density at radius 3 is 2.11 bits per heavy atom. The van der Waals surface area contributed by atoms with Gasteiger partial charge in [-0.2, -0.15) is 0 Å².